The Hall–Kier alpha value is -5.42. The van der Waals surface area contributed by atoms with Gasteiger partial charge < -0.3 is 68.1 Å². The largest absolute Gasteiger partial charge is 0.481 e. The van der Waals surface area contributed by atoms with Crippen LogP contribution in [0.5, 0.6) is 0 Å². The number of aliphatic hydroxyl groups excluding tert-OH is 2. The van der Waals surface area contributed by atoms with Gasteiger partial charge in [-0.05, 0) is 25.2 Å². The first-order chi connectivity index (χ1) is 24.3. The lowest BCUT2D eigenvalue weighted by atomic mass is 10.0. The van der Waals surface area contributed by atoms with E-state index in [0.29, 0.717) is 6.42 Å². The van der Waals surface area contributed by atoms with Crippen molar-refractivity contribution in [3.05, 3.63) is 0 Å². The highest BCUT2D eigenvalue weighted by molar-refractivity contribution is 5.97. The third-order valence-corrected chi connectivity index (χ3v) is 7.40. The number of carboxylic acid groups (broad SMARTS) is 3. The van der Waals surface area contributed by atoms with Gasteiger partial charge in [-0.1, -0.05) is 13.8 Å². The van der Waals surface area contributed by atoms with Crippen molar-refractivity contribution in [1.29, 1.82) is 0 Å². The summed E-state index contributed by atoms with van der Waals surface area (Å²) in [6.45, 7) is 0.539. The summed E-state index contributed by atoms with van der Waals surface area (Å²) in [5, 5.41) is 59.0. The minimum atomic E-state index is -1.94. The molecule has 1 fully saturated rings. The summed E-state index contributed by atoms with van der Waals surface area (Å²) in [6, 6.07) is -9.09. The van der Waals surface area contributed by atoms with Crippen molar-refractivity contribution >= 4 is 59.3 Å². The van der Waals surface area contributed by atoms with E-state index in [9.17, 15) is 63.3 Å². The molecule has 0 spiro atoms. The molecule has 6 unspecified atom stereocenters. The number of nitrogens with two attached hydrogens (primary N) is 1. The molecule has 1 rings (SSSR count). The molecule has 0 aromatic heterocycles. The molecule has 52 heavy (non-hydrogen) atoms. The van der Waals surface area contributed by atoms with Crippen LogP contribution in [0, 0.1) is 5.92 Å². The van der Waals surface area contributed by atoms with E-state index in [-0.39, 0.29) is 25.3 Å². The van der Waals surface area contributed by atoms with Crippen molar-refractivity contribution in [2.45, 2.75) is 82.2 Å². The van der Waals surface area contributed by atoms with Crippen LogP contribution in [0.2, 0.25) is 0 Å². The molecule has 0 aliphatic carbocycles. The topological polar surface area (TPSA) is 373 Å². The van der Waals surface area contributed by atoms with Crippen molar-refractivity contribution in [2.24, 2.45) is 11.7 Å². The van der Waals surface area contributed by atoms with Crippen LogP contribution in [-0.4, -0.2) is 159 Å². The molecule has 6 atom stereocenters. The number of hydrogen-bond donors (Lipinski definition) is 12. The molecule has 13 N–H and O–H groups in total. The highest BCUT2D eigenvalue weighted by atomic mass is 16.4. The van der Waals surface area contributed by atoms with Crippen molar-refractivity contribution in [3.8, 4) is 0 Å². The van der Waals surface area contributed by atoms with Gasteiger partial charge in [0, 0.05) is 6.54 Å². The first-order valence-electron chi connectivity index (χ1n) is 16.0. The van der Waals surface area contributed by atoms with Crippen LogP contribution in [0.15, 0.2) is 0 Å². The maximum absolute atomic E-state index is 13.1. The molecule has 0 aromatic carbocycles. The van der Waals surface area contributed by atoms with Gasteiger partial charge in [0.25, 0.3) is 0 Å². The number of carboxylic acids is 3. The number of amides is 7. The van der Waals surface area contributed by atoms with E-state index in [4.69, 9.17) is 15.9 Å². The van der Waals surface area contributed by atoms with Crippen LogP contribution in [0.3, 0.4) is 0 Å². The van der Waals surface area contributed by atoms with E-state index in [1.54, 1.807) is 13.8 Å². The number of nitrogens with zero attached hydrogens (tertiary/aromatic N) is 1. The molecular weight excluding hydrogens is 700 g/mol. The van der Waals surface area contributed by atoms with Gasteiger partial charge in [0.05, 0.1) is 39.1 Å². The number of aliphatic hydroxyl groups is 2. The van der Waals surface area contributed by atoms with Gasteiger partial charge >= 0.3 is 17.9 Å². The molecule has 0 saturated carbocycles. The Kier molecular flexibility index (Phi) is 18.6. The number of aliphatic carboxylic acids is 3. The molecule has 1 heterocycles. The zero-order valence-corrected chi connectivity index (χ0v) is 28.5. The Bertz CT molecular complexity index is 1360. The predicted molar refractivity (Wildman–Crippen MR) is 172 cm³/mol. The summed E-state index contributed by atoms with van der Waals surface area (Å²) < 4.78 is 0. The van der Waals surface area contributed by atoms with Crippen molar-refractivity contribution in [2.75, 3.05) is 32.8 Å². The lowest BCUT2D eigenvalue weighted by Gasteiger charge is -2.28. The molecule has 7 amide bonds. The minimum Gasteiger partial charge on any atom is -0.481 e. The number of likely N-dealkylation sites (tertiary alicyclic amines) is 1. The van der Waals surface area contributed by atoms with Gasteiger partial charge in [0.2, 0.25) is 41.4 Å². The van der Waals surface area contributed by atoms with Crippen molar-refractivity contribution < 1.29 is 73.5 Å². The van der Waals surface area contributed by atoms with Crippen molar-refractivity contribution in [3.63, 3.8) is 0 Å². The maximum Gasteiger partial charge on any atom is 0.326 e. The van der Waals surface area contributed by atoms with Gasteiger partial charge in [-0.25, -0.2) is 4.79 Å². The Morgan fingerprint density at radius 2 is 1.21 bits per heavy atom. The Morgan fingerprint density at radius 1 is 0.692 bits per heavy atom. The molecule has 0 bridgehead atoms. The Morgan fingerprint density at radius 3 is 1.73 bits per heavy atom. The number of rotatable bonds is 22. The van der Waals surface area contributed by atoms with Crippen molar-refractivity contribution in [1.82, 2.24) is 36.8 Å². The average molecular weight is 747 g/mol. The number of nitrogens with one attached hydrogen (secondary N) is 6. The number of carbonyl (C=O) groups is 10. The van der Waals surface area contributed by atoms with E-state index >= 15 is 0 Å². The quantitative estimate of drug-likeness (QED) is 0.0490. The standard InChI is InChI=1S/C29H46N8O15/c1-13(2)6-15(25(47)35-16(7-22(42)43)26(48)36-17(29(51)52)8-23(44)45)33-20(40)10-32-27(49)19-4-3-5-37(19)28(50)18(12-39)34-21(41)9-31-24(46)14(30)11-38/h13-19,38-39H,3-12,30H2,1-2H3,(H,31,46)(H,32,49)(H,33,40)(H,34,41)(H,35,47)(H,36,48)(H,42,43)(H,44,45)(H,51,52). The Balaban J connectivity index is 2.90. The Labute approximate surface area is 296 Å². The molecule has 23 nitrogen and oxygen atoms in total. The van der Waals surface area contributed by atoms with Crippen LogP contribution >= 0.6 is 0 Å². The summed E-state index contributed by atoms with van der Waals surface area (Å²) in [6.07, 6.45) is -1.60. The normalized spacial score (nSPS) is 16.7. The third-order valence-electron chi connectivity index (χ3n) is 7.40. The smallest absolute Gasteiger partial charge is 0.326 e. The minimum absolute atomic E-state index is 0.0409. The molecule has 1 aliphatic rings. The van der Waals surface area contributed by atoms with Gasteiger partial charge in [0.1, 0.15) is 36.3 Å². The van der Waals surface area contributed by atoms with Gasteiger partial charge in [-0.2, -0.15) is 0 Å². The summed E-state index contributed by atoms with van der Waals surface area (Å²) in [5.41, 5.74) is 5.34. The summed E-state index contributed by atoms with van der Waals surface area (Å²) in [5.74, 6) is -11.7. The van der Waals surface area contributed by atoms with E-state index in [1.807, 2.05) is 5.32 Å². The molecular formula is C29H46N8O15. The summed E-state index contributed by atoms with van der Waals surface area (Å²) in [4.78, 5) is 123. The van der Waals surface area contributed by atoms with E-state index in [2.05, 4.69) is 26.6 Å². The fourth-order valence-corrected chi connectivity index (χ4v) is 4.85. The lowest BCUT2D eigenvalue weighted by Crippen LogP contribution is -2.58. The highest BCUT2D eigenvalue weighted by Crippen LogP contribution is 2.18. The highest BCUT2D eigenvalue weighted by Gasteiger charge is 2.38. The average Bonchev–Trinajstić information content (AvgIpc) is 3.56. The third kappa shape index (κ3) is 15.2. The number of carbonyl (C=O) groups excluding carboxylic acids is 7. The zero-order valence-electron chi connectivity index (χ0n) is 28.5. The van der Waals surface area contributed by atoms with E-state index in [1.165, 1.54) is 0 Å². The first kappa shape index (κ1) is 44.6. The van der Waals surface area contributed by atoms with Crippen LogP contribution in [0.1, 0.15) is 46.0 Å². The molecule has 23 heteroatoms. The van der Waals surface area contributed by atoms with Gasteiger partial charge in [-0.15, -0.1) is 0 Å². The summed E-state index contributed by atoms with van der Waals surface area (Å²) >= 11 is 0. The second-order valence-electron chi connectivity index (χ2n) is 12.1. The molecule has 1 saturated heterocycles. The predicted octanol–water partition coefficient (Wildman–Crippen LogP) is -6.46. The number of hydrogen-bond acceptors (Lipinski definition) is 13. The second kappa shape index (κ2) is 21.7. The maximum atomic E-state index is 13.1. The van der Waals surface area contributed by atoms with E-state index < -0.39 is 135 Å². The van der Waals surface area contributed by atoms with E-state index in [0.717, 1.165) is 4.90 Å². The zero-order chi connectivity index (χ0) is 39.7. The molecule has 1 aliphatic heterocycles. The first-order valence-corrected chi connectivity index (χ1v) is 16.0. The SMILES string of the molecule is CC(C)CC(NC(=O)CNC(=O)C1CCCN1C(=O)C(CO)NC(=O)CNC(=O)C(N)CO)C(=O)NC(CC(=O)O)C(=O)NC(CC(=O)O)C(=O)O. The van der Waals surface area contributed by atoms with Gasteiger partial charge in [-0.3, -0.25) is 43.2 Å². The fraction of sp³-hybridized carbons (Fsp3) is 0.655. The lowest BCUT2D eigenvalue weighted by molar-refractivity contribution is -0.148. The fourth-order valence-electron chi connectivity index (χ4n) is 4.85. The molecule has 292 valence electrons. The van der Waals surface area contributed by atoms with Crippen LogP contribution < -0.4 is 37.6 Å². The van der Waals surface area contributed by atoms with Crippen LogP contribution in [0.4, 0.5) is 0 Å². The van der Waals surface area contributed by atoms with Crippen LogP contribution in [0.25, 0.3) is 0 Å². The van der Waals surface area contributed by atoms with Gasteiger partial charge in [0.15, 0.2) is 0 Å². The summed E-state index contributed by atoms with van der Waals surface area (Å²) in [7, 11) is 0. The molecule has 0 radical (unpaired) electrons. The van der Waals surface area contributed by atoms with Crippen LogP contribution in [-0.2, 0) is 47.9 Å². The monoisotopic (exact) mass is 746 g/mol. The molecule has 0 aromatic rings. The second-order valence-corrected chi connectivity index (χ2v) is 12.1.